The summed E-state index contributed by atoms with van der Waals surface area (Å²) >= 11 is 0. The normalized spacial score (nSPS) is 14.1. The first-order chi connectivity index (χ1) is 5.38. The van der Waals surface area contributed by atoms with Crippen LogP contribution in [0.1, 0.15) is 34.1 Å². The molecule has 3 nitrogen and oxygen atoms in total. The summed E-state index contributed by atoms with van der Waals surface area (Å²) in [4.78, 5) is 11.0. The quantitative estimate of drug-likeness (QED) is 0.655. The predicted octanol–water partition coefficient (Wildman–Crippen LogP) is 1.31. The Morgan fingerprint density at radius 3 is 2.33 bits per heavy atom. The molecule has 3 heteroatoms. The van der Waals surface area contributed by atoms with E-state index in [-0.39, 0.29) is 17.4 Å². The average Bonchev–Trinajstić information content (AvgIpc) is 1.85. The minimum atomic E-state index is -0.208. The molecule has 0 rings (SSSR count). The van der Waals surface area contributed by atoms with Gasteiger partial charge in [-0.1, -0.05) is 20.8 Å². The number of rotatable bonds is 3. The summed E-state index contributed by atoms with van der Waals surface area (Å²) in [5.41, 5.74) is 5.75. The van der Waals surface area contributed by atoms with Gasteiger partial charge in [-0.3, -0.25) is 4.79 Å². The van der Waals surface area contributed by atoms with Crippen LogP contribution in [-0.4, -0.2) is 18.6 Å². The fraction of sp³-hybridized carbons (Fsp3) is 0.889. The van der Waals surface area contributed by atoms with Gasteiger partial charge in [0, 0.05) is 6.04 Å². The van der Waals surface area contributed by atoms with Crippen molar-refractivity contribution < 1.29 is 9.53 Å². The molecule has 0 fully saturated rings. The number of carbonyl (C=O) groups excluding carboxylic acids is 1. The second kappa shape index (κ2) is 4.45. The van der Waals surface area contributed by atoms with Crippen molar-refractivity contribution in [2.24, 2.45) is 11.1 Å². The van der Waals surface area contributed by atoms with Crippen LogP contribution in [0.2, 0.25) is 0 Å². The van der Waals surface area contributed by atoms with Gasteiger partial charge in [0.05, 0.1) is 13.0 Å². The molecule has 0 aliphatic rings. The summed E-state index contributed by atoms with van der Waals surface area (Å²) in [5.74, 6) is -0.208. The standard InChI is InChI=1S/C9H19NO2/c1-5-12-8(11)6-7(10)9(2,3)4/h7H,5-6,10H2,1-4H3/t7-/m1/s1. The fourth-order valence-electron chi connectivity index (χ4n) is 0.706. The van der Waals surface area contributed by atoms with E-state index in [2.05, 4.69) is 0 Å². The van der Waals surface area contributed by atoms with Crippen LogP contribution in [0.3, 0.4) is 0 Å². The monoisotopic (exact) mass is 173 g/mol. The lowest BCUT2D eigenvalue weighted by molar-refractivity contribution is -0.144. The maximum atomic E-state index is 11.0. The maximum Gasteiger partial charge on any atom is 0.307 e. The Morgan fingerprint density at radius 1 is 1.50 bits per heavy atom. The number of esters is 1. The molecule has 0 spiro atoms. The summed E-state index contributed by atoms with van der Waals surface area (Å²) in [5, 5.41) is 0. The topological polar surface area (TPSA) is 52.3 Å². The van der Waals surface area contributed by atoms with E-state index in [9.17, 15) is 4.79 Å². The summed E-state index contributed by atoms with van der Waals surface area (Å²) in [7, 11) is 0. The summed E-state index contributed by atoms with van der Waals surface area (Å²) in [6.07, 6.45) is 0.303. The number of hydrogen-bond donors (Lipinski definition) is 1. The van der Waals surface area contributed by atoms with Gasteiger partial charge in [-0.15, -0.1) is 0 Å². The minimum absolute atomic E-state index is 0.0350. The molecule has 0 aromatic heterocycles. The average molecular weight is 173 g/mol. The number of carbonyl (C=O) groups is 1. The Kier molecular flexibility index (Phi) is 4.24. The molecule has 0 aromatic rings. The van der Waals surface area contributed by atoms with E-state index >= 15 is 0 Å². The first kappa shape index (κ1) is 11.4. The number of ether oxygens (including phenoxy) is 1. The zero-order valence-electron chi connectivity index (χ0n) is 8.39. The minimum Gasteiger partial charge on any atom is -0.466 e. The van der Waals surface area contributed by atoms with Gasteiger partial charge in [0.25, 0.3) is 0 Å². The number of nitrogens with two attached hydrogens (primary N) is 1. The highest BCUT2D eigenvalue weighted by molar-refractivity contribution is 5.70. The maximum absolute atomic E-state index is 11.0. The SMILES string of the molecule is CCOC(=O)C[C@@H](N)C(C)(C)C. The Morgan fingerprint density at radius 2 is 2.00 bits per heavy atom. The van der Waals surface area contributed by atoms with Crippen LogP contribution in [0.15, 0.2) is 0 Å². The van der Waals surface area contributed by atoms with Gasteiger partial charge < -0.3 is 10.5 Å². The van der Waals surface area contributed by atoms with Gasteiger partial charge in [-0.25, -0.2) is 0 Å². The van der Waals surface area contributed by atoms with Crippen molar-refractivity contribution in [3.05, 3.63) is 0 Å². The lowest BCUT2D eigenvalue weighted by Crippen LogP contribution is -2.37. The second-order valence-corrected chi connectivity index (χ2v) is 3.98. The first-order valence-electron chi connectivity index (χ1n) is 4.29. The molecule has 0 saturated heterocycles. The lowest BCUT2D eigenvalue weighted by atomic mass is 9.85. The van der Waals surface area contributed by atoms with E-state index in [1.807, 2.05) is 20.8 Å². The Bertz CT molecular complexity index is 149. The molecule has 0 aliphatic carbocycles. The van der Waals surface area contributed by atoms with Crippen LogP contribution in [-0.2, 0) is 9.53 Å². The lowest BCUT2D eigenvalue weighted by Gasteiger charge is -2.25. The Hall–Kier alpha value is -0.570. The van der Waals surface area contributed by atoms with Crippen LogP contribution in [0.25, 0.3) is 0 Å². The van der Waals surface area contributed by atoms with Gasteiger partial charge in [0.15, 0.2) is 0 Å². The molecule has 0 saturated carbocycles. The molecule has 0 heterocycles. The third-order valence-corrected chi connectivity index (χ3v) is 1.80. The van der Waals surface area contributed by atoms with E-state index in [4.69, 9.17) is 10.5 Å². The molecule has 0 amide bonds. The van der Waals surface area contributed by atoms with E-state index < -0.39 is 0 Å². The second-order valence-electron chi connectivity index (χ2n) is 3.98. The molecule has 0 radical (unpaired) electrons. The van der Waals surface area contributed by atoms with Crippen LogP contribution in [0.4, 0.5) is 0 Å². The molecular weight excluding hydrogens is 154 g/mol. The van der Waals surface area contributed by atoms with Gasteiger partial charge in [-0.2, -0.15) is 0 Å². The molecule has 0 aromatic carbocycles. The van der Waals surface area contributed by atoms with Crippen molar-refractivity contribution in [3.63, 3.8) is 0 Å². The molecule has 2 N–H and O–H groups in total. The highest BCUT2D eigenvalue weighted by Crippen LogP contribution is 2.19. The van der Waals surface area contributed by atoms with Crippen LogP contribution in [0, 0.1) is 5.41 Å². The molecule has 0 bridgehead atoms. The van der Waals surface area contributed by atoms with Crippen molar-refractivity contribution in [1.29, 1.82) is 0 Å². The largest absolute Gasteiger partial charge is 0.466 e. The van der Waals surface area contributed by atoms with Crippen molar-refractivity contribution in [2.45, 2.75) is 40.2 Å². The molecule has 72 valence electrons. The smallest absolute Gasteiger partial charge is 0.307 e. The van der Waals surface area contributed by atoms with E-state index in [0.29, 0.717) is 13.0 Å². The summed E-state index contributed by atoms with van der Waals surface area (Å²) < 4.78 is 4.79. The predicted molar refractivity (Wildman–Crippen MR) is 48.7 cm³/mol. The molecule has 1 atom stereocenters. The van der Waals surface area contributed by atoms with Gasteiger partial charge in [0.1, 0.15) is 0 Å². The molecule has 0 aliphatic heterocycles. The van der Waals surface area contributed by atoms with E-state index in [1.54, 1.807) is 6.92 Å². The van der Waals surface area contributed by atoms with E-state index in [1.165, 1.54) is 0 Å². The van der Waals surface area contributed by atoms with Crippen LogP contribution < -0.4 is 5.73 Å². The third kappa shape index (κ3) is 4.34. The van der Waals surface area contributed by atoms with Crippen molar-refractivity contribution in [1.82, 2.24) is 0 Å². The van der Waals surface area contributed by atoms with Crippen molar-refractivity contribution in [2.75, 3.05) is 6.61 Å². The first-order valence-corrected chi connectivity index (χ1v) is 4.29. The zero-order chi connectivity index (χ0) is 9.78. The van der Waals surface area contributed by atoms with Gasteiger partial charge in [-0.05, 0) is 12.3 Å². The third-order valence-electron chi connectivity index (χ3n) is 1.80. The summed E-state index contributed by atoms with van der Waals surface area (Å²) in [6.45, 7) is 8.25. The van der Waals surface area contributed by atoms with Crippen molar-refractivity contribution >= 4 is 5.97 Å². The van der Waals surface area contributed by atoms with Crippen molar-refractivity contribution in [3.8, 4) is 0 Å². The van der Waals surface area contributed by atoms with E-state index in [0.717, 1.165) is 0 Å². The molecule has 0 unspecified atom stereocenters. The summed E-state index contributed by atoms with van der Waals surface area (Å²) in [6, 6.07) is -0.128. The van der Waals surface area contributed by atoms with Gasteiger partial charge >= 0.3 is 5.97 Å². The molecular formula is C9H19NO2. The highest BCUT2D eigenvalue weighted by Gasteiger charge is 2.23. The van der Waals surface area contributed by atoms with Crippen LogP contribution >= 0.6 is 0 Å². The fourth-order valence-corrected chi connectivity index (χ4v) is 0.706. The number of hydrogen-bond acceptors (Lipinski definition) is 3. The van der Waals surface area contributed by atoms with Gasteiger partial charge in [0.2, 0.25) is 0 Å². The zero-order valence-corrected chi connectivity index (χ0v) is 8.39. The molecule has 12 heavy (non-hydrogen) atoms. The Labute approximate surface area is 74.3 Å². The Balaban J connectivity index is 3.84. The highest BCUT2D eigenvalue weighted by atomic mass is 16.5. The van der Waals surface area contributed by atoms with Crippen LogP contribution in [0.5, 0.6) is 0 Å².